The van der Waals surface area contributed by atoms with E-state index in [2.05, 4.69) is 18.8 Å². The molecule has 0 bridgehead atoms. The quantitative estimate of drug-likeness (QED) is 0.173. The SMILES string of the molecule is C=CCC[C@@H]1[C@H](CCCC)[C@@H]1COC(=O)NCCOCCOCCOCCOCCC(N)=O. The summed E-state index contributed by atoms with van der Waals surface area (Å²) in [4.78, 5) is 22.4. The maximum absolute atomic E-state index is 11.9. The molecule has 0 aromatic heterocycles. The molecule has 33 heavy (non-hydrogen) atoms. The maximum atomic E-state index is 11.9. The van der Waals surface area contributed by atoms with Gasteiger partial charge in [0.25, 0.3) is 0 Å². The summed E-state index contributed by atoms with van der Waals surface area (Å²) in [6.07, 6.45) is 7.64. The lowest BCUT2D eigenvalue weighted by Gasteiger charge is -2.09. The summed E-state index contributed by atoms with van der Waals surface area (Å²) in [6.45, 7) is 10.3. The molecule has 0 saturated heterocycles. The number of rotatable bonds is 23. The second-order valence-corrected chi connectivity index (χ2v) is 8.19. The minimum Gasteiger partial charge on any atom is -0.449 e. The number of nitrogens with one attached hydrogen (secondary N) is 1. The van der Waals surface area contributed by atoms with Crippen molar-refractivity contribution >= 4 is 12.0 Å². The van der Waals surface area contributed by atoms with Crippen molar-refractivity contribution in [3.63, 3.8) is 0 Å². The summed E-state index contributed by atoms with van der Waals surface area (Å²) < 4.78 is 26.8. The van der Waals surface area contributed by atoms with Crippen LogP contribution in [0, 0.1) is 17.8 Å². The number of amides is 2. The summed E-state index contributed by atoms with van der Waals surface area (Å²) in [5.74, 6) is 1.47. The minimum atomic E-state index is -0.380. The van der Waals surface area contributed by atoms with E-state index in [0.717, 1.165) is 12.8 Å². The number of hydrogen-bond donors (Lipinski definition) is 2. The van der Waals surface area contributed by atoms with Crippen LogP contribution in [0.1, 0.15) is 45.4 Å². The van der Waals surface area contributed by atoms with Crippen LogP contribution in [-0.2, 0) is 28.5 Å². The van der Waals surface area contributed by atoms with Gasteiger partial charge in [-0.05, 0) is 37.0 Å². The van der Waals surface area contributed by atoms with Crippen LogP contribution in [-0.4, -0.2) is 78.0 Å². The van der Waals surface area contributed by atoms with E-state index < -0.39 is 0 Å². The number of primary amides is 1. The Morgan fingerprint density at radius 2 is 1.45 bits per heavy atom. The number of unbranched alkanes of at least 4 members (excludes halogenated alkanes) is 1. The third kappa shape index (κ3) is 15.7. The predicted molar refractivity (Wildman–Crippen MR) is 126 cm³/mol. The molecule has 1 aliphatic carbocycles. The summed E-state index contributed by atoms with van der Waals surface area (Å²) in [7, 11) is 0. The number of nitrogens with two attached hydrogens (primary N) is 1. The van der Waals surface area contributed by atoms with Crippen molar-refractivity contribution in [2.75, 3.05) is 66.0 Å². The molecule has 9 heteroatoms. The van der Waals surface area contributed by atoms with Gasteiger partial charge in [0, 0.05) is 13.0 Å². The van der Waals surface area contributed by atoms with E-state index in [-0.39, 0.29) is 18.4 Å². The highest BCUT2D eigenvalue weighted by Gasteiger charge is 2.48. The van der Waals surface area contributed by atoms with Gasteiger partial charge in [0.15, 0.2) is 0 Å². The average Bonchev–Trinajstić information content (AvgIpc) is 3.47. The molecule has 1 aliphatic rings. The van der Waals surface area contributed by atoms with Gasteiger partial charge in [0.1, 0.15) is 0 Å². The standard InChI is InChI=1S/C24H44N2O7/c1-3-5-7-20-21(8-6-4-2)22(20)19-33-24(28)26-10-12-30-14-16-32-18-17-31-15-13-29-11-9-23(25)27/h3,20-22H,1,4-19H2,2H3,(H2,25,27)(H,26,28)/t20-,21+,22-/m1/s1. The first-order valence-electron chi connectivity index (χ1n) is 12.2. The molecule has 9 nitrogen and oxygen atoms in total. The summed E-state index contributed by atoms with van der Waals surface area (Å²) >= 11 is 0. The first-order valence-corrected chi connectivity index (χ1v) is 12.2. The number of carbonyl (C=O) groups excluding carboxylic acids is 2. The van der Waals surface area contributed by atoms with Crippen molar-refractivity contribution in [3.05, 3.63) is 12.7 Å². The average molecular weight is 473 g/mol. The van der Waals surface area contributed by atoms with E-state index in [9.17, 15) is 9.59 Å². The fourth-order valence-corrected chi connectivity index (χ4v) is 3.76. The molecule has 3 atom stereocenters. The van der Waals surface area contributed by atoms with Crippen LogP contribution >= 0.6 is 0 Å². The Hall–Kier alpha value is -1.68. The van der Waals surface area contributed by atoms with E-state index in [1.165, 1.54) is 19.3 Å². The van der Waals surface area contributed by atoms with Gasteiger partial charge in [-0.1, -0.05) is 25.8 Å². The summed E-state index contributed by atoms with van der Waals surface area (Å²) in [5, 5.41) is 2.73. The van der Waals surface area contributed by atoms with Crippen LogP contribution in [0.3, 0.4) is 0 Å². The molecular formula is C24H44N2O7. The van der Waals surface area contributed by atoms with Crippen molar-refractivity contribution in [2.45, 2.75) is 45.4 Å². The molecule has 0 aliphatic heterocycles. The van der Waals surface area contributed by atoms with Crippen LogP contribution in [0.25, 0.3) is 0 Å². The van der Waals surface area contributed by atoms with Crippen LogP contribution in [0.2, 0.25) is 0 Å². The van der Waals surface area contributed by atoms with Gasteiger partial charge in [-0.3, -0.25) is 4.79 Å². The van der Waals surface area contributed by atoms with Gasteiger partial charge in [-0.15, -0.1) is 6.58 Å². The van der Waals surface area contributed by atoms with E-state index in [1.807, 2.05) is 6.08 Å². The molecule has 1 rings (SSSR count). The van der Waals surface area contributed by atoms with E-state index in [4.69, 9.17) is 29.4 Å². The van der Waals surface area contributed by atoms with Gasteiger partial charge in [-0.2, -0.15) is 0 Å². The summed E-state index contributed by atoms with van der Waals surface area (Å²) in [5.41, 5.74) is 5.01. The molecule has 0 unspecified atom stereocenters. The normalized spacial score (nSPS) is 19.2. The topological polar surface area (TPSA) is 118 Å². The zero-order valence-corrected chi connectivity index (χ0v) is 20.3. The van der Waals surface area contributed by atoms with Gasteiger partial charge >= 0.3 is 6.09 Å². The molecule has 2 amide bonds. The molecule has 0 heterocycles. The summed E-state index contributed by atoms with van der Waals surface area (Å²) in [6, 6.07) is 0. The lowest BCUT2D eigenvalue weighted by Crippen LogP contribution is -2.29. The van der Waals surface area contributed by atoms with Gasteiger partial charge in [0.05, 0.1) is 59.5 Å². The first-order chi connectivity index (χ1) is 16.1. The van der Waals surface area contributed by atoms with E-state index >= 15 is 0 Å². The van der Waals surface area contributed by atoms with Crippen LogP contribution in [0.15, 0.2) is 12.7 Å². The highest BCUT2D eigenvalue weighted by atomic mass is 16.6. The smallest absolute Gasteiger partial charge is 0.407 e. The van der Waals surface area contributed by atoms with Gasteiger partial charge < -0.3 is 34.7 Å². The fraction of sp³-hybridized carbons (Fsp3) is 0.833. The van der Waals surface area contributed by atoms with E-state index in [1.54, 1.807) is 0 Å². The van der Waals surface area contributed by atoms with Crippen molar-refractivity contribution in [1.82, 2.24) is 5.32 Å². The largest absolute Gasteiger partial charge is 0.449 e. The second-order valence-electron chi connectivity index (χ2n) is 8.19. The number of alkyl carbamates (subject to hydrolysis) is 1. The predicted octanol–water partition coefficient (Wildman–Crippen LogP) is 2.67. The van der Waals surface area contributed by atoms with Gasteiger partial charge in [0.2, 0.25) is 5.91 Å². The Bertz CT molecular complexity index is 533. The lowest BCUT2D eigenvalue weighted by atomic mass is 10.1. The Kier molecular flexibility index (Phi) is 17.6. The molecule has 0 radical (unpaired) electrons. The molecule has 3 N–H and O–H groups in total. The fourth-order valence-electron chi connectivity index (χ4n) is 3.76. The van der Waals surface area contributed by atoms with E-state index in [0.29, 0.717) is 83.8 Å². The number of allylic oxidation sites excluding steroid dienone is 1. The maximum Gasteiger partial charge on any atom is 0.407 e. The zero-order chi connectivity index (χ0) is 24.2. The van der Waals surface area contributed by atoms with Crippen molar-refractivity contribution < 1.29 is 33.3 Å². The molecule has 0 spiro atoms. The lowest BCUT2D eigenvalue weighted by molar-refractivity contribution is -0.119. The Morgan fingerprint density at radius 3 is 2.03 bits per heavy atom. The van der Waals surface area contributed by atoms with Crippen LogP contribution in [0.4, 0.5) is 4.79 Å². The first kappa shape index (κ1) is 29.4. The molecular weight excluding hydrogens is 428 g/mol. The third-order valence-corrected chi connectivity index (χ3v) is 5.64. The minimum absolute atomic E-state index is 0.219. The third-order valence-electron chi connectivity index (χ3n) is 5.64. The number of carbonyl (C=O) groups is 2. The number of hydrogen-bond acceptors (Lipinski definition) is 7. The highest BCUT2D eigenvalue weighted by molar-refractivity contribution is 5.73. The molecule has 0 aromatic rings. The van der Waals surface area contributed by atoms with Crippen LogP contribution < -0.4 is 11.1 Å². The number of ether oxygens (including phenoxy) is 5. The highest BCUT2D eigenvalue weighted by Crippen LogP contribution is 2.52. The van der Waals surface area contributed by atoms with Crippen molar-refractivity contribution in [1.29, 1.82) is 0 Å². The Labute approximate surface area is 198 Å². The molecule has 0 aromatic carbocycles. The Morgan fingerprint density at radius 1 is 0.879 bits per heavy atom. The molecule has 192 valence electrons. The Balaban J connectivity index is 1.87. The molecule has 1 saturated carbocycles. The van der Waals surface area contributed by atoms with Crippen molar-refractivity contribution in [2.24, 2.45) is 23.5 Å². The molecule has 1 fully saturated rings. The zero-order valence-electron chi connectivity index (χ0n) is 20.3. The monoisotopic (exact) mass is 472 g/mol. The van der Waals surface area contributed by atoms with Gasteiger partial charge in [-0.25, -0.2) is 4.79 Å². The van der Waals surface area contributed by atoms with Crippen molar-refractivity contribution in [3.8, 4) is 0 Å². The second kappa shape index (κ2) is 19.8. The van der Waals surface area contributed by atoms with Crippen LogP contribution in [0.5, 0.6) is 0 Å².